The summed E-state index contributed by atoms with van der Waals surface area (Å²) >= 11 is 0. The van der Waals surface area contributed by atoms with E-state index in [1.54, 1.807) is 6.08 Å². The maximum atomic E-state index is 5.48. The molecule has 0 spiro atoms. The number of rotatable bonds is 12. The predicted molar refractivity (Wildman–Crippen MR) is 364 cm³/mol. The zero-order chi connectivity index (χ0) is 58.0. The van der Waals surface area contributed by atoms with E-state index in [2.05, 4.69) is 306 Å². The highest BCUT2D eigenvalue weighted by Gasteiger charge is 2.27. The van der Waals surface area contributed by atoms with E-state index in [9.17, 15) is 0 Å². The lowest BCUT2D eigenvalue weighted by atomic mass is 9.90. The second-order valence-corrected chi connectivity index (χ2v) is 22.3. The summed E-state index contributed by atoms with van der Waals surface area (Å²) in [6.45, 7) is 8.03. The second kappa shape index (κ2) is 21.3. The predicted octanol–water partition coefficient (Wildman–Crippen LogP) is 20.7. The van der Waals surface area contributed by atoms with Gasteiger partial charge in [-0.05, 0) is 101 Å². The Morgan fingerprint density at radius 2 is 0.920 bits per heavy atom. The summed E-state index contributed by atoms with van der Waals surface area (Å²) in [6.07, 6.45) is 13.2. The molecule has 1 aliphatic rings. The molecule has 0 radical (unpaired) electrons. The van der Waals surface area contributed by atoms with Gasteiger partial charge >= 0.3 is 0 Å². The second-order valence-electron chi connectivity index (χ2n) is 22.3. The first-order chi connectivity index (χ1) is 43.1. The van der Waals surface area contributed by atoms with Gasteiger partial charge < -0.3 is 13.7 Å². The van der Waals surface area contributed by atoms with Crippen molar-refractivity contribution in [3.8, 4) is 62.1 Å². The Kier molecular flexibility index (Phi) is 12.5. The molecular formula is C81H56N6. The van der Waals surface area contributed by atoms with Crippen molar-refractivity contribution in [1.82, 2.24) is 28.7 Å². The number of fused-ring (bicyclic) bond motifs is 9. The quantitative estimate of drug-likeness (QED) is 0.115. The van der Waals surface area contributed by atoms with Gasteiger partial charge in [-0.3, -0.25) is 0 Å². The molecule has 1 unspecified atom stereocenters. The van der Waals surface area contributed by atoms with E-state index in [4.69, 9.17) is 15.0 Å². The zero-order valence-electron chi connectivity index (χ0n) is 47.7. The highest BCUT2D eigenvalue weighted by molar-refractivity contribution is 6.18. The molecule has 0 fully saturated rings. The summed E-state index contributed by atoms with van der Waals surface area (Å²) in [7, 11) is 0. The number of benzene rings is 11. The highest BCUT2D eigenvalue weighted by atomic mass is 15.1. The van der Waals surface area contributed by atoms with Gasteiger partial charge in [0.15, 0.2) is 17.5 Å². The number of para-hydroxylation sites is 4. The van der Waals surface area contributed by atoms with Crippen molar-refractivity contribution in [2.45, 2.75) is 12.3 Å². The van der Waals surface area contributed by atoms with Gasteiger partial charge in [0.1, 0.15) is 0 Å². The number of hydrogen-bond acceptors (Lipinski definition) is 3. The molecule has 11 aromatic carbocycles. The molecule has 0 N–H and O–H groups in total. The maximum Gasteiger partial charge on any atom is 0.164 e. The lowest BCUT2D eigenvalue weighted by Gasteiger charge is -2.21. The van der Waals surface area contributed by atoms with Crippen LogP contribution in [-0.2, 0) is 0 Å². The maximum absolute atomic E-state index is 5.48. The molecule has 6 nitrogen and oxygen atoms in total. The Labute approximate surface area is 504 Å². The van der Waals surface area contributed by atoms with E-state index in [1.165, 1.54) is 27.1 Å². The van der Waals surface area contributed by atoms with Crippen LogP contribution in [0.1, 0.15) is 29.3 Å². The number of allylic oxidation sites excluding steroid dienone is 8. The monoisotopic (exact) mass is 1110 g/mol. The molecule has 6 heteroatoms. The van der Waals surface area contributed by atoms with Gasteiger partial charge in [-0.1, -0.05) is 244 Å². The number of aromatic nitrogens is 6. The fourth-order valence-electron chi connectivity index (χ4n) is 13.4. The van der Waals surface area contributed by atoms with Crippen molar-refractivity contribution in [2.75, 3.05) is 0 Å². The topological polar surface area (TPSA) is 53.5 Å². The first kappa shape index (κ1) is 51.2. The summed E-state index contributed by atoms with van der Waals surface area (Å²) < 4.78 is 7.43. The molecule has 4 heterocycles. The summed E-state index contributed by atoms with van der Waals surface area (Å²) in [4.78, 5) is 16.2. The average Bonchev–Trinajstić information content (AvgIpc) is 1.62. The molecule has 1 aliphatic carbocycles. The van der Waals surface area contributed by atoms with Crippen molar-refractivity contribution >= 4 is 76.6 Å². The van der Waals surface area contributed by atoms with Crippen LogP contribution in [0.3, 0.4) is 0 Å². The Morgan fingerprint density at radius 1 is 0.414 bits per heavy atom. The molecule has 0 aliphatic heterocycles. The first-order valence-electron chi connectivity index (χ1n) is 29.7. The lowest BCUT2D eigenvalue weighted by Crippen LogP contribution is -2.06. The van der Waals surface area contributed by atoms with E-state index in [-0.39, 0.29) is 5.92 Å². The fraction of sp³-hybridized carbons (Fsp3) is 0.0247. The van der Waals surface area contributed by atoms with E-state index in [0.717, 1.165) is 117 Å². The van der Waals surface area contributed by atoms with Crippen molar-refractivity contribution in [3.05, 3.63) is 327 Å². The van der Waals surface area contributed by atoms with Crippen molar-refractivity contribution in [3.63, 3.8) is 0 Å². The zero-order valence-corrected chi connectivity index (χ0v) is 47.7. The van der Waals surface area contributed by atoms with Gasteiger partial charge in [-0.25, -0.2) is 15.0 Å². The summed E-state index contributed by atoms with van der Waals surface area (Å²) in [6, 6.07) is 94.3. The van der Waals surface area contributed by atoms with E-state index in [0.29, 0.717) is 17.5 Å². The average molecular weight is 1110 g/mol. The summed E-state index contributed by atoms with van der Waals surface area (Å²) in [5.41, 5.74) is 20.2. The molecule has 1 atom stereocenters. The minimum Gasteiger partial charge on any atom is -0.309 e. The largest absolute Gasteiger partial charge is 0.309 e. The molecule has 0 amide bonds. The van der Waals surface area contributed by atoms with Gasteiger partial charge in [-0.2, -0.15) is 0 Å². The fourth-order valence-corrected chi connectivity index (χ4v) is 13.4. The summed E-state index contributed by atoms with van der Waals surface area (Å²) in [5.74, 6) is 2.02. The summed E-state index contributed by atoms with van der Waals surface area (Å²) in [5, 5.41) is 7.14. The highest BCUT2D eigenvalue weighted by Crippen LogP contribution is 2.47. The van der Waals surface area contributed by atoms with Crippen LogP contribution in [0.15, 0.2) is 310 Å². The van der Waals surface area contributed by atoms with Crippen LogP contribution < -0.4 is 0 Å². The van der Waals surface area contributed by atoms with Gasteiger partial charge in [0.2, 0.25) is 0 Å². The number of nitrogens with zero attached hydrogens (tertiary/aromatic N) is 6. The molecule has 15 aromatic rings. The van der Waals surface area contributed by atoms with Gasteiger partial charge in [0.05, 0.1) is 44.5 Å². The molecule has 0 saturated heterocycles. The molecule has 4 aromatic heterocycles. The van der Waals surface area contributed by atoms with E-state index < -0.39 is 0 Å². The van der Waals surface area contributed by atoms with Gasteiger partial charge in [0.25, 0.3) is 0 Å². The Balaban J connectivity index is 0.982. The Bertz CT molecular complexity index is 5160. The van der Waals surface area contributed by atoms with Crippen LogP contribution in [0, 0.1) is 0 Å². The van der Waals surface area contributed by atoms with Gasteiger partial charge in [0, 0.05) is 71.7 Å². The molecule has 87 heavy (non-hydrogen) atoms. The standard InChI is InChI=1S/C81H56N6/c1-3-23-53(4-2)55-40-44-59(45-41-55)79-82-80(60-46-42-56(43-47-60)54-24-8-5-9-25-54)84-81(83-79)61-50-67(57-26-10-6-11-27-57)78(68(51-61)58-28-12-7-13-29-58)87-74-49-48-62(85-70-34-18-14-30-63(70)64-31-15-19-35-71(64)85)52-69(74)77-75(38-22-39-76(77)87)86-72-36-20-16-32-65(72)66-33-17-21-37-73(66)86/h3-42,44-52,56H,1-2,43H2/b53-23+. The minimum atomic E-state index is 0.250. The van der Waals surface area contributed by atoms with Crippen molar-refractivity contribution in [2.24, 2.45) is 0 Å². The molecular weight excluding hydrogens is 1060 g/mol. The molecule has 410 valence electrons. The number of hydrogen-bond donors (Lipinski definition) is 0. The van der Waals surface area contributed by atoms with Crippen LogP contribution in [0.5, 0.6) is 0 Å². The molecule has 16 rings (SSSR count). The third kappa shape index (κ3) is 8.68. The van der Waals surface area contributed by atoms with Crippen LogP contribution in [-0.4, -0.2) is 28.7 Å². The van der Waals surface area contributed by atoms with E-state index >= 15 is 0 Å². The minimum absolute atomic E-state index is 0.250. The smallest absolute Gasteiger partial charge is 0.164 e. The third-order valence-electron chi connectivity index (χ3n) is 17.4. The molecule has 0 saturated carbocycles. The van der Waals surface area contributed by atoms with Crippen LogP contribution in [0.4, 0.5) is 0 Å². The van der Waals surface area contributed by atoms with Crippen molar-refractivity contribution in [1.29, 1.82) is 0 Å². The first-order valence-corrected chi connectivity index (χ1v) is 29.7. The normalized spacial score (nSPS) is 13.5. The molecule has 0 bridgehead atoms. The SMILES string of the molecule is C=C/C=C(\C=C)c1ccc(-c2nc(C3=CCC(c4ccccc4)C=C3)nc(-c3cc(-c4ccccc4)c(-n4c5ccc(-n6c7ccccc7c7ccccc76)cc5c5c(-n6c7ccccc7c7ccccc76)cccc54)c(-c4ccccc4)c3)n2)cc1. The van der Waals surface area contributed by atoms with E-state index in [1.807, 2.05) is 12.2 Å². The van der Waals surface area contributed by atoms with Crippen LogP contribution in [0.2, 0.25) is 0 Å². The third-order valence-corrected chi connectivity index (χ3v) is 17.4. The lowest BCUT2D eigenvalue weighted by molar-refractivity contribution is 0.854. The Hall–Kier alpha value is -11.5. The van der Waals surface area contributed by atoms with Crippen LogP contribution in [0.25, 0.3) is 139 Å². The van der Waals surface area contributed by atoms with Gasteiger partial charge in [-0.15, -0.1) is 0 Å². The Morgan fingerprint density at radius 3 is 1.47 bits per heavy atom. The van der Waals surface area contributed by atoms with Crippen molar-refractivity contribution < 1.29 is 0 Å². The van der Waals surface area contributed by atoms with Crippen LogP contribution >= 0.6 is 0 Å².